The van der Waals surface area contributed by atoms with Crippen LogP contribution >= 0.6 is 7.82 Å². The number of rotatable bonds is 7. The fourth-order valence-corrected chi connectivity index (χ4v) is 3.64. The minimum atomic E-state index is -3.35. The predicted octanol–water partition coefficient (Wildman–Crippen LogP) is 3.69. The van der Waals surface area contributed by atoms with E-state index in [1.165, 1.54) is 0 Å². The molecule has 0 radical (unpaired) electrons. The van der Waals surface area contributed by atoms with Gasteiger partial charge in [0.15, 0.2) is 0 Å². The second-order valence-corrected chi connectivity index (χ2v) is 7.85. The average molecular weight is 307 g/mol. The Morgan fingerprint density at radius 1 is 1.05 bits per heavy atom. The molecule has 1 saturated heterocycles. The third-order valence-electron chi connectivity index (χ3n) is 3.61. The molecule has 20 heavy (non-hydrogen) atoms. The van der Waals surface area contributed by atoms with Gasteiger partial charge in [-0.3, -0.25) is 18.5 Å². The molecule has 5 nitrogen and oxygen atoms in total. The molecule has 1 fully saturated rings. The van der Waals surface area contributed by atoms with Crippen LogP contribution in [-0.4, -0.2) is 43.3 Å². The second kappa shape index (κ2) is 7.90. The summed E-state index contributed by atoms with van der Waals surface area (Å²) in [5.41, 5.74) is 0.220. The fraction of sp³-hybridized carbons (Fsp3) is 1.00. The maximum absolute atomic E-state index is 12.2. The van der Waals surface area contributed by atoms with Gasteiger partial charge in [-0.2, -0.15) is 0 Å². The molecule has 1 rings (SSSR count). The molecule has 0 unspecified atom stereocenters. The molecule has 1 heterocycles. The van der Waals surface area contributed by atoms with E-state index in [0.29, 0.717) is 25.7 Å². The van der Waals surface area contributed by atoms with Crippen molar-refractivity contribution in [1.82, 2.24) is 4.90 Å². The van der Waals surface area contributed by atoms with Crippen molar-refractivity contribution in [3.05, 3.63) is 0 Å². The van der Waals surface area contributed by atoms with E-state index in [1.807, 2.05) is 0 Å². The number of likely N-dealkylation sites (tertiary alicyclic amines) is 1. The molecular formula is C14H30NO4P. The summed E-state index contributed by atoms with van der Waals surface area (Å²) in [7, 11) is -3.35. The lowest BCUT2D eigenvalue weighted by Gasteiger charge is -2.40. The Morgan fingerprint density at radius 2 is 1.55 bits per heavy atom. The van der Waals surface area contributed by atoms with Crippen molar-refractivity contribution in [2.45, 2.75) is 53.0 Å². The number of nitrogens with zero attached hydrogens (tertiary/aromatic N) is 1. The van der Waals surface area contributed by atoms with Crippen molar-refractivity contribution >= 4 is 7.82 Å². The predicted molar refractivity (Wildman–Crippen MR) is 80.9 cm³/mol. The summed E-state index contributed by atoms with van der Waals surface area (Å²) < 4.78 is 27.9. The average Bonchev–Trinajstić information content (AvgIpc) is 2.37. The molecule has 0 atom stereocenters. The van der Waals surface area contributed by atoms with Gasteiger partial charge in [0, 0.05) is 5.54 Å². The SMILES string of the molecule is CCOP(=O)(OCC)OCC1CCN(C(C)(C)C)CC1. The highest BCUT2D eigenvalue weighted by atomic mass is 31.2. The van der Waals surface area contributed by atoms with Crippen molar-refractivity contribution in [3.8, 4) is 0 Å². The van der Waals surface area contributed by atoms with E-state index in [2.05, 4.69) is 25.7 Å². The lowest BCUT2D eigenvalue weighted by molar-refractivity contribution is 0.0557. The normalized spacial score (nSPS) is 19.4. The zero-order valence-corrected chi connectivity index (χ0v) is 14.4. The fourth-order valence-electron chi connectivity index (χ4n) is 2.40. The second-order valence-electron chi connectivity index (χ2n) is 6.18. The number of hydrogen-bond acceptors (Lipinski definition) is 5. The molecule has 0 aromatic carbocycles. The van der Waals surface area contributed by atoms with Gasteiger partial charge in [0.05, 0.1) is 19.8 Å². The quantitative estimate of drug-likeness (QED) is 0.671. The van der Waals surface area contributed by atoms with E-state index >= 15 is 0 Å². The third kappa shape index (κ3) is 5.82. The van der Waals surface area contributed by atoms with Crippen LogP contribution in [0.3, 0.4) is 0 Å². The lowest BCUT2D eigenvalue weighted by Crippen LogP contribution is -2.46. The summed E-state index contributed by atoms with van der Waals surface area (Å²) in [4.78, 5) is 2.48. The minimum Gasteiger partial charge on any atom is -0.298 e. The molecule has 6 heteroatoms. The van der Waals surface area contributed by atoms with Gasteiger partial charge in [0.1, 0.15) is 0 Å². The largest absolute Gasteiger partial charge is 0.474 e. The lowest BCUT2D eigenvalue weighted by atomic mass is 9.94. The smallest absolute Gasteiger partial charge is 0.298 e. The van der Waals surface area contributed by atoms with Crippen LogP contribution < -0.4 is 0 Å². The first kappa shape index (κ1) is 18.1. The highest BCUT2D eigenvalue weighted by molar-refractivity contribution is 7.48. The first-order chi connectivity index (χ1) is 9.30. The molecule has 120 valence electrons. The summed E-state index contributed by atoms with van der Waals surface area (Å²) in [6.07, 6.45) is 2.13. The van der Waals surface area contributed by atoms with Crippen LogP contribution in [0.5, 0.6) is 0 Å². The number of phosphoric acid groups is 1. The Labute approximate surface area is 123 Å². The molecule has 0 bridgehead atoms. The summed E-state index contributed by atoms with van der Waals surface area (Å²) >= 11 is 0. The first-order valence-corrected chi connectivity index (χ1v) is 9.05. The van der Waals surface area contributed by atoms with E-state index in [0.717, 1.165) is 25.9 Å². The zero-order chi connectivity index (χ0) is 15.2. The van der Waals surface area contributed by atoms with E-state index in [1.54, 1.807) is 13.8 Å². The monoisotopic (exact) mass is 307 g/mol. The Bertz CT molecular complexity index is 312. The van der Waals surface area contributed by atoms with Gasteiger partial charge in [-0.1, -0.05) is 0 Å². The topological polar surface area (TPSA) is 48.0 Å². The van der Waals surface area contributed by atoms with Crippen molar-refractivity contribution < 1.29 is 18.1 Å². The van der Waals surface area contributed by atoms with Crippen molar-refractivity contribution in [2.75, 3.05) is 32.9 Å². The maximum atomic E-state index is 12.2. The van der Waals surface area contributed by atoms with Gasteiger partial charge < -0.3 is 0 Å². The van der Waals surface area contributed by atoms with Crippen LogP contribution in [0.15, 0.2) is 0 Å². The molecule has 1 aliphatic heterocycles. The molecule has 0 saturated carbocycles. The molecular weight excluding hydrogens is 277 g/mol. The van der Waals surface area contributed by atoms with Gasteiger partial charge >= 0.3 is 7.82 Å². The highest BCUT2D eigenvalue weighted by Crippen LogP contribution is 2.49. The Hall–Kier alpha value is 0.0700. The van der Waals surface area contributed by atoms with Crippen LogP contribution in [0.25, 0.3) is 0 Å². The summed E-state index contributed by atoms with van der Waals surface area (Å²) in [5, 5.41) is 0. The van der Waals surface area contributed by atoms with Gasteiger partial charge in [0.25, 0.3) is 0 Å². The summed E-state index contributed by atoms with van der Waals surface area (Å²) in [5.74, 6) is 0.433. The molecule has 0 aromatic heterocycles. The van der Waals surface area contributed by atoms with Crippen molar-refractivity contribution in [2.24, 2.45) is 5.92 Å². The van der Waals surface area contributed by atoms with E-state index in [-0.39, 0.29) is 5.54 Å². The number of phosphoric ester groups is 1. The Balaban J connectivity index is 2.38. The van der Waals surface area contributed by atoms with Crippen LogP contribution in [0.2, 0.25) is 0 Å². The maximum Gasteiger partial charge on any atom is 0.474 e. The Kier molecular flexibility index (Phi) is 7.16. The van der Waals surface area contributed by atoms with Crippen LogP contribution in [0.1, 0.15) is 47.5 Å². The molecule has 0 aromatic rings. The zero-order valence-electron chi connectivity index (χ0n) is 13.6. The van der Waals surface area contributed by atoms with Gasteiger partial charge in [-0.25, -0.2) is 4.57 Å². The molecule has 0 spiro atoms. The molecule has 1 aliphatic rings. The van der Waals surface area contributed by atoms with Gasteiger partial charge in [-0.05, 0) is 66.5 Å². The molecule has 0 amide bonds. The van der Waals surface area contributed by atoms with E-state index < -0.39 is 7.82 Å². The summed E-state index contributed by atoms with van der Waals surface area (Å²) in [6.45, 7) is 13.5. The standard InChI is InChI=1S/C14H30NO4P/c1-6-17-20(16,18-7-2)19-12-13-8-10-15(11-9-13)14(3,4)5/h13H,6-12H2,1-5H3. The van der Waals surface area contributed by atoms with Crippen LogP contribution in [0.4, 0.5) is 0 Å². The summed E-state index contributed by atoms with van der Waals surface area (Å²) in [6, 6.07) is 0. The molecule has 0 aliphatic carbocycles. The Morgan fingerprint density at radius 3 is 1.95 bits per heavy atom. The van der Waals surface area contributed by atoms with Crippen molar-refractivity contribution in [1.29, 1.82) is 0 Å². The number of hydrogen-bond donors (Lipinski definition) is 0. The van der Waals surface area contributed by atoms with Crippen LogP contribution in [-0.2, 0) is 18.1 Å². The van der Waals surface area contributed by atoms with Gasteiger partial charge in [0.2, 0.25) is 0 Å². The van der Waals surface area contributed by atoms with E-state index in [4.69, 9.17) is 13.6 Å². The third-order valence-corrected chi connectivity index (χ3v) is 5.22. The van der Waals surface area contributed by atoms with Gasteiger partial charge in [-0.15, -0.1) is 0 Å². The minimum absolute atomic E-state index is 0.220. The highest BCUT2D eigenvalue weighted by Gasteiger charge is 2.30. The van der Waals surface area contributed by atoms with E-state index in [9.17, 15) is 4.57 Å². The van der Waals surface area contributed by atoms with Crippen LogP contribution in [0, 0.1) is 5.92 Å². The first-order valence-electron chi connectivity index (χ1n) is 7.59. The number of piperidine rings is 1. The van der Waals surface area contributed by atoms with Crippen molar-refractivity contribution in [3.63, 3.8) is 0 Å². The molecule has 0 N–H and O–H groups in total.